The van der Waals surface area contributed by atoms with Crippen LogP contribution in [0.5, 0.6) is 0 Å². The standard InChI is InChI=1S/C12H17N3O4/c1-8-7-9(15(17)18)5-6-10(8)13-14-11(16)19-12(2,3)4/h5-7,13H,1-4H3,(H,14,16). The van der Waals surface area contributed by atoms with Gasteiger partial charge < -0.3 is 4.74 Å². The number of hydrogen-bond donors (Lipinski definition) is 2. The van der Waals surface area contributed by atoms with E-state index in [0.29, 0.717) is 11.3 Å². The van der Waals surface area contributed by atoms with E-state index in [9.17, 15) is 14.9 Å². The Hall–Kier alpha value is -2.31. The molecule has 104 valence electrons. The lowest BCUT2D eigenvalue weighted by molar-refractivity contribution is -0.384. The predicted molar refractivity (Wildman–Crippen MR) is 70.8 cm³/mol. The molecule has 19 heavy (non-hydrogen) atoms. The molecule has 1 aromatic carbocycles. The highest BCUT2D eigenvalue weighted by Gasteiger charge is 2.16. The van der Waals surface area contributed by atoms with Gasteiger partial charge >= 0.3 is 6.09 Å². The van der Waals surface area contributed by atoms with E-state index in [0.717, 1.165) is 0 Å². The fourth-order valence-corrected chi connectivity index (χ4v) is 1.32. The molecule has 0 spiro atoms. The number of nitrogens with one attached hydrogen (secondary N) is 2. The zero-order valence-corrected chi connectivity index (χ0v) is 11.3. The van der Waals surface area contributed by atoms with Crippen molar-refractivity contribution >= 4 is 17.5 Å². The lowest BCUT2D eigenvalue weighted by Gasteiger charge is -2.20. The van der Waals surface area contributed by atoms with Crippen molar-refractivity contribution < 1.29 is 14.5 Å². The number of ether oxygens (including phenoxy) is 1. The number of anilines is 1. The van der Waals surface area contributed by atoms with E-state index in [1.54, 1.807) is 27.7 Å². The van der Waals surface area contributed by atoms with E-state index in [2.05, 4.69) is 10.9 Å². The molecule has 2 N–H and O–H groups in total. The highest BCUT2D eigenvalue weighted by Crippen LogP contribution is 2.20. The van der Waals surface area contributed by atoms with Gasteiger partial charge in [-0.25, -0.2) is 10.2 Å². The quantitative estimate of drug-likeness (QED) is 0.648. The number of nitro benzene ring substituents is 1. The summed E-state index contributed by atoms with van der Waals surface area (Å²) >= 11 is 0. The molecule has 0 aliphatic rings. The minimum atomic E-state index is -0.620. The normalized spacial score (nSPS) is 10.7. The van der Waals surface area contributed by atoms with Crippen molar-refractivity contribution in [3.8, 4) is 0 Å². The van der Waals surface area contributed by atoms with Crippen LogP contribution in [0.2, 0.25) is 0 Å². The Morgan fingerprint density at radius 1 is 1.37 bits per heavy atom. The number of aryl methyl sites for hydroxylation is 1. The minimum absolute atomic E-state index is 0.000294. The Balaban J connectivity index is 2.64. The maximum atomic E-state index is 11.4. The second kappa shape index (κ2) is 5.55. The maximum absolute atomic E-state index is 11.4. The monoisotopic (exact) mass is 267 g/mol. The van der Waals surface area contributed by atoms with Crippen LogP contribution in [-0.2, 0) is 4.74 Å². The summed E-state index contributed by atoms with van der Waals surface area (Å²) in [6.45, 7) is 6.96. The van der Waals surface area contributed by atoms with Gasteiger partial charge in [0.1, 0.15) is 5.60 Å². The zero-order chi connectivity index (χ0) is 14.6. The second-order valence-corrected chi connectivity index (χ2v) is 5.01. The molecule has 0 aromatic heterocycles. The van der Waals surface area contributed by atoms with Gasteiger partial charge in [-0.05, 0) is 39.3 Å². The smallest absolute Gasteiger partial charge is 0.426 e. The molecule has 0 atom stereocenters. The average molecular weight is 267 g/mol. The van der Waals surface area contributed by atoms with E-state index in [4.69, 9.17) is 4.74 Å². The number of rotatable bonds is 3. The first-order valence-corrected chi connectivity index (χ1v) is 5.69. The highest BCUT2D eigenvalue weighted by molar-refractivity contribution is 5.70. The molecule has 0 bridgehead atoms. The van der Waals surface area contributed by atoms with E-state index in [-0.39, 0.29) is 5.69 Å². The van der Waals surface area contributed by atoms with E-state index < -0.39 is 16.6 Å². The summed E-state index contributed by atoms with van der Waals surface area (Å²) in [4.78, 5) is 21.5. The van der Waals surface area contributed by atoms with Crippen LogP contribution in [0.25, 0.3) is 0 Å². The van der Waals surface area contributed by atoms with Crippen LogP contribution in [0, 0.1) is 17.0 Å². The largest absolute Gasteiger partial charge is 0.443 e. The molecule has 0 aliphatic carbocycles. The number of carbonyl (C=O) groups excluding carboxylic acids is 1. The molecular weight excluding hydrogens is 250 g/mol. The van der Waals surface area contributed by atoms with Gasteiger partial charge in [-0.15, -0.1) is 0 Å². The summed E-state index contributed by atoms with van der Waals surface area (Å²) in [6, 6.07) is 4.29. The molecule has 7 heteroatoms. The number of nitro groups is 1. The summed E-state index contributed by atoms with van der Waals surface area (Å²) in [5, 5.41) is 10.6. The number of carbonyl (C=O) groups is 1. The van der Waals surface area contributed by atoms with Crippen molar-refractivity contribution in [1.82, 2.24) is 5.43 Å². The van der Waals surface area contributed by atoms with Crippen molar-refractivity contribution in [1.29, 1.82) is 0 Å². The minimum Gasteiger partial charge on any atom is -0.443 e. The first-order valence-electron chi connectivity index (χ1n) is 5.69. The van der Waals surface area contributed by atoms with Gasteiger partial charge in [-0.1, -0.05) is 0 Å². The summed E-state index contributed by atoms with van der Waals surface area (Å²) in [5.41, 5.74) is 5.64. The Labute approximate surface area is 111 Å². The summed E-state index contributed by atoms with van der Waals surface area (Å²) in [5.74, 6) is 0. The van der Waals surface area contributed by atoms with E-state index >= 15 is 0 Å². The SMILES string of the molecule is Cc1cc([N+](=O)[O-])ccc1NNC(=O)OC(C)(C)C. The van der Waals surface area contributed by atoms with Gasteiger partial charge in [0.2, 0.25) is 0 Å². The number of hydrazine groups is 1. The average Bonchev–Trinajstić information content (AvgIpc) is 2.24. The molecule has 0 aliphatic heterocycles. The lowest BCUT2D eigenvalue weighted by Crippen LogP contribution is -2.35. The second-order valence-electron chi connectivity index (χ2n) is 5.01. The fourth-order valence-electron chi connectivity index (χ4n) is 1.32. The van der Waals surface area contributed by atoms with Crippen LogP contribution >= 0.6 is 0 Å². The van der Waals surface area contributed by atoms with Crippen molar-refractivity contribution in [2.45, 2.75) is 33.3 Å². The van der Waals surface area contributed by atoms with Crippen molar-refractivity contribution in [2.24, 2.45) is 0 Å². The van der Waals surface area contributed by atoms with Gasteiger partial charge in [0.15, 0.2) is 0 Å². The van der Waals surface area contributed by atoms with Crippen molar-refractivity contribution in [2.75, 3.05) is 5.43 Å². The number of amides is 1. The summed E-state index contributed by atoms with van der Waals surface area (Å²) < 4.78 is 5.04. The first kappa shape index (κ1) is 14.7. The molecule has 0 radical (unpaired) electrons. The van der Waals surface area contributed by atoms with Crippen LogP contribution in [0.4, 0.5) is 16.2 Å². The highest BCUT2D eigenvalue weighted by atomic mass is 16.6. The third kappa shape index (κ3) is 4.82. The van der Waals surface area contributed by atoms with Gasteiger partial charge in [0.25, 0.3) is 5.69 Å². The fraction of sp³-hybridized carbons (Fsp3) is 0.417. The Bertz CT molecular complexity index is 494. The Morgan fingerprint density at radius 3 is 2.47 bits per heavy atom. The van der Waals surface area contributed by atoms with Crippen molar-refractivity contribution in [3.63, 3.8) is 0 Å². The molecule has 0 heterocycles. The third-order valence-electron chi connectivity index (χ3n) is 2.12. The van der Waals surface area contributed by atoms with Gasteiger partial charge in [-0.3, -0.25) is 15.5 Å². The van der Waals surface area contributed by atoms with Gasteiger partial charge in [-0.2, -0.15) is 0 Å². The lowest BCUT2D eigenvalue weighted by atomic mass is 10.2. The Morgan fingerprint density at radius 2 is 2.00 bits per heavy atom. The van der Waals surface area contributed by atoms with Crippen LogP contribution in [0.3, 0.4) is 0 Å². The topological polar surface area (TPSA) is 93.5 Å². The zero-order valence-electron chi connectivity index (χ0n) is 11.3. The third-order valence-corrected chi connectivity index (χ3v) is 2.12. The van der Waals surface area contributed by atoms with E-state index in [1.165, 1.54) is 18.2 Å². The molecule has 0 unspecified atom stereocenters. The number of nitrogens with zero attached hydrogens (tertiary/aromatic N) is 1. The molecule has 0 saturated heterocycles. The molecule has 0 fully saturated rings. The van der Waals surface area contributed by atoms with Crippen LogP contribution in [-0.4, -0.2) is 16.6 Å². The Kier molecular flexibility index (Phi) is 4.31. The van der Waals surface area contributed by atoms with Crippen LogP contribution in [0.1, 0.15) is 26.3 Å². The van der Waals surface area contributed by atoms with Crippen LogP contribution < -0.4 is 10.9 Å². The molecular formula is C12H17N3O4. The number of hydrogen-bond acceptors (Lipinski definition) is 5. The molecule has 1 amide bonds. The molecule has 7 nitrogen and oxygen atoms in total. The summed E-state index contributed by atoms with van der Waals surface area (Å²) in [7, 11) is 0. The first-order chi connectivity index (χ1) is 8.69. The number of non-ortho nitro benzene ring substituents is 1. The van der Waals surface area contributed by atoms with Gasteiger partial charge in [0, 0.05) is 12.1 Å². The molecule has 1 rings (SSSR count). The summed E-state index contributed by atoms with van der Waals surface area (Å²) in [6.07, 6.45) is -0.620. The van der Waals surface area contributed by atoms with Crippen LogP contribution in [0.15, 0.2) is 18.2 Å². The molecule has 1 aromatic rings. The molecule has 0 saturated carbocycles. The number of benzene rings is 1. The predicted octanol–water partition coefficient (Wildman–Crippen LogP) is 2.75. The van der Waals surface area contributed by atoms with E-state index in [1.807, 2.05) is 0 Å². The van der Waals surface area contributed by atoms with Crippen molar-refractivity contribution in [3.05, 3.63) is 33.9 Å². The van der Waals surface area contributed by atoms with Gasteiger partial charge in [0.05, 0.1) is 10.6 Å². The maximum Gasteiger partial charge on any atom is 0.426 e.